The first-order chi connectivity index (χ1) is 14.5. The fourth-order valence-corrected chi connectivity index (χ4v) is 4.41. The molecule has 2 aliphatic rings. The second-order valence-electron chi connectivity index (χ2n) is 8.50. The van der Waals surface area contributed by atoms with Crippen molar-refractivity contribution in [1.82, 2.24) is 14.9 Å². The molecule has 1 saturated heterocycles. The van der Waals surface area contributed by atoms with Gasteiger partial charge in [-0.1, -0.05) is 24.3 Å². The summed E-state index contributed by atoms with van der Waals surface area (Å²) in [6.45, 7) is 1.48. The normalized spacial score (nSPS) is 19.3. The third-order valence-electron chi connectivity index (χ3n) is 6.12. The van der Waals surface area contributed by atoms with Gasteiger partial charge in [0.2, 0.25) is 11.9 Å². The van der Waals surface area contributed by atoms with Gasteiger partial charge in [-0.15, -0.1) is 0 Å². The molecule has 0 unspecified atom stereocenters. The minimum absolute atomic E-state index is 0.223. The highest BCUT2D eigenvalue weighted by atomic mass is 19.1. The molecule has 1 aromatic heterocycles. The standard InChI is InChI=1S/C24H29FN4O/c1-28(2)24-26-16-21(19-8-5-9-20(25)15-19)23(27-24)18-10-12-29(13-11-18)22(30)14-17-6-3-4-7-17/h3,5-6,8-9,15-18H,4,7,10-14H2,1-2H3/t17-/m1/s1. The second-order valence-corrected chi connectivity index (χ2v) is 8.50. The van der Waals surface area contributed by atoms with Gasteiger partial charge in [-0.05, 0) is 49.3 Å². The first kappa shape index (κ1) is 20.5. The number of benzene rings is 1. The van der Waals surface area contributed by atoms with Crippen LogP contribution in [0.1, 0.15) is 43.7 Å². The molecule has 0 N–H and O–H groups in total. The molecule has 0 saturated carbocycles. The van der Waals surface area contributed by atoms with Gasteiger partial charge < -0.3 is 9.80 Å². The molecule has 0 bridgehead atoms. The van der Waals surface area contributed by atoms with Gasteiger partial charge in [-0.3, -0.25) is 4.79 Å². The Labute approximate surface area is 177 Å². The zero-order valence-corrected chi connectivity index (χ0v) is 17.7. The van der Waals surface area contributed by atoms with Crippen LogP contribution in [0.15, 0.2) is 42.6 Å². The lowest BCUT2D eigenvalue weighted by molar-refractivity contribution is -0.132. The van der Waals surface area contributed by atoms with E-state index in [0.29, 0.717) is 18.3 Å². The lowest BCUT2D eigenvalue weighted by Crippen LogP contribution is -2.38. The Balaban J connectivity index is 1.52. The van der Waals surface area contributed by atoms with Gasteiger partial charge in [0.05, 0.1) is 5.69 Å². The van der Waals surface area contributed by atoms with Crippen LogP contribution in [0.2, 0.25) is 0 Å². The summed E-state index contributed by atoms with van der Waals surface area (Å²) >= 11 is 0. The molecule has 1 fully saturated rings. The summed E-state index contributed by atoms with van der Waals surface area (Å²) in [4.78, 5) is 25.9. The van der Waals surface area contributed by atoms with Crippen molar-refractivity contribution in [2.45, 2.75) is 38.0 Å². The maximum atomic E-state index is 13.8. The largest absolute Gasteiger partial charge is 0.347 e. The van der Waals surface area contributed by atoms with E-state index in [1.165, 1.54) is 12.1 Å². The third kappa shape index (κ3) is 4.53. The van der Waals surface area contributed by atoms with Crippen LogP contribution < -0.4 is 4.90 Å². The van der Waals surface area contributed by atoms with Crippen molar-refractivity contribution in [3.05, 3.63) is 54.1 Å². The van der Waals surface area contributed by atoms with E-state index in [2.05, 4.69) is 17.1 Å². The van der Waals surface area contributed by atoms with Gasteiger partial charge in [0, 0.05) is 51.3 Å². The van der Waals surface area contributed by atoms with Gasteiger partial charge in [-0.2, -0.15) is 0 Å². The van der Waals surface area contributed by atoms with E-state index in [4.69, 9.17) is 4.98 Å². The summed E-state index contributed by atoms with van der Waals surface area (Å²) in [5, 5.41) is 0. The number of likely N-dealkylation sites (tertiary alicyclic amines) is 1. The van der Waals surface area contributed by atoms with Gasteiger partial charge in [0.15, 0.2) is 0 Å². The Kier molecular flexibility index (Phi) is 6.11. The highest BCUT2D eigenvalue weighted by molar-refractivity contribution is 5.77. The molecular weight excluding hydrogens is 379 g/mol. The molecule has 1 amide bonds. The number of hydrogen-bond acceptors (Lipinski definition) is 4. The lowest BCUT2D eigenvalue weighted by atomic mass is 9.88. The number of carbonyl (C=O) groups is 1. The topological polar surface area (TPSA) is 49.3 Å². The minimum atomic E-state index is -0.267. The summed E-state index contributed by atoms with van der Waals surface area (Å²) in [6, 6.07) is 6.59. The first-order valence-corrected chi connectivity index (χ1v) is 10.8. The molecule has 1 aromatic carbocycles. The third-order valence-corrected chi connectivity index (χ3v) is 6.12. The van der Waals surface area contributed by atoms with Crippen LogP contribution in [-0.4, -0.2) is 48.0 Å². The number of amides is 1. The number of rotatable bonds is 5. The molecule has 1 aliphatic heterocycles. The summed E-state index contributed by atoms with van der Waals surface area (Å²) in [5.74, 6) is 1.26. The Morgan fingerprint density at radius 2 is 2.03 bits per heavy atom. The van der Waals surface area contributed by atoms with Crippen molar-refractivity contribution in [2.24, 2.45) is 5.92 Å². The number of anilines is 1. The average molecular weight is 409 g/mol. The molecule has 6 heteroatoms. The highest BCUT2D eigenvalue weighted by Gasteiger charge is 2.28. The van der Waals surface area contributed by atoms with Crippen LogP contribution in [0.25, 0.3) is 11.1 Å². The molecule has 0 spiro atoms. The van der Waals surface area contributed by atoms with Crippen molar-refractivity contribution >= 4 is 11.9 Å². The van der Waals surface area contributed by atoms with E-state index in [9.17, 15) is 9.18 Å². The summed E-state index contributed by atoms with van der Waals surface area (Å²) in [5.41, 5.74) is 2.62. The van der Waals surface area contributed by atoms with E-state index in [1.807, 2.05) is 30.0 Å². The molecule has 30 heavy (non-hydrogen) atoms. The van der Waals surface area contributed by atoms with Crippen LogP contribution in [0.3, 0.4) is 0 Å². The Bertz CT molecular complexity index is 935. The number of halogens is 1. The summed E-state index contributed by atoms with van der Waals surface area (Å²) in [7, 11) is 3.83. The van der Waals surface area contributed by atoms with Gasteiger partial charge in [0.1, 0.15) is 5.82 Å². The second kappa shape index (κ2) is 8.94. The molecule has 2 aromatic rings. The van der Waals surface area contributed by atoms with Crippen LogP contribution >= 0.6 is 0 Å². The van der Waals surface area contributed by atoms with Gasteiger partial charge in [0.25, 0.3) is 0 Å². The molecule has 0 radical (unpaired) electrons. The fourth-order valence-electron chi connectivity index (χ4n) is 4.41. The summed E-state index contributed by atoms with van der Waals surface area (Å²) in [6.07, 6.45) is 10.7. The highest BCUT2D eigenvalue weighted by Crippen LogP contribution is 2.35. The molecule has 1 aliphatic carbocycles. The number of nitrogens with zero attached hydrogens (tertiary/aromatic N) is 4. The van der Waals surface area contributed by atoms with Gasteiger partial charge >= 0.3 is 0 Å². The van der Waals surface area contributed by atoms with Crippen molar-refractivity contribution in [3.63, 3.8) is 0 Å². The summed E-state index contributed by atoms with van der Waals surface area (Å²) < 4.78 is 13.8. The van der Waals surface area contributed by atoms with Crippen molar-refractivity contribution < 1.29 is 9.18 Å². The molecule has 1 atom stereocenters. The number of hydrogen-bond donors (Lipinski definition) is 0. The number of aromatic nitrogens is 2. The molecule has 158 valence electrons. The van der Waals surface area contributed by atoms with Crippen LogP contribution in [0.5, 0.6) is 0 Å². The zero-order valence-electron chi connectivity index (χ0n) is 17.7. The lowest BCUT2D eigenvalue weighted by Gasteiger charge is -2.33. The predicted molar refractivity (Wildman–Crippen MR) is 117 cm³/mol. The van der Waals surface area contributed by atoms with Crippen LogP contribution in [0, 0.1) is 11.7 Å². The van der Waals surface area contributed by atoms with E-state index < -0.39 is 0 Å². The minimum Gasteiger partial charge on any atom is -0.347 e. The smallest absolute Gasteiger partial charge is 0.225 e. The Morgan fingerprint density at radius 3 is 2.70 bits per heavy atom. The monoisotopic (exact) mass is 408 g/mol. The van der Waals surface area contributed by atoms with E-state index in [-0.39, 0.29) is 17.6 Å². The molecule has 2 heterocycles. The average Bonchev–Trinajstić information content (AvgIpc) is 3.26. The van der Waals surface area contributed by atoms with Crippen molar-refractivity contribution in [2.75, 3.05) is 32.1 Å². The number of piperidine rings is 1. The Hall–Kier alpha value is -2.76. The number of carbonyl (C=O) groups excluding carboxylic acids is 1. The van der Waals surface area contributed by atoms with E-state index in [0.717, 1.165) is 55.6 Å². The first-order valence-electron chi connectivity index (χ1n) is 10.8. The maximum absolute atomic E-state index is 13.8. The predicted octanol–water partition coefficient (Wildman–Crippen LogP) is 4.41. The fraction of sp³-hybridized carbons (Fsp3) is 0.458. The van der Waals surface area contributed by atoms with Crippen molar-refractivity contribution in [3.8, 4) is 11.1 Å². The quantitative estimate of drug-likeness (QED) is 0.688. The molecule has 4 rings (SSSR count). The van der Waals surface area contributed by atoms with Gasteiger partial charge in [-0.25, -0.2) is 14.4 Å². The molecule has 5 nitrogen and oxygen atoms in total. The Morgan fingerprint density at radius 1 is 1.23 bits per heavy atom. The zero-order chi connectivity index (χ0) is 21.1. The van der Waals surface area contributed by atoms with Crippen LogP contribution in [0.4, 0.5) is 10.3 Å². The maximum Gasteiger partial charge on any atom is 0.225 e. The molecular formula is C24H29FN4O. The van der Waals surface area contributed by atoms with E-state index >= 15 is 0 Å². The van der Waals surface area contributed by atoms with E-state index in [1.54, 1.807) is 12.3 Å². The number of allylic oxidation sites excluding steroid dienone is 2. The SMILES string of the molecule is CN(C)c1ncc(-c2cccc(F)c2)c(C2CCN(C(=O)C[C@@H]3C=CCC3)CC2)n1. The van der Waals surface area contributed by atoms with Crippen LogP contribution in [-0.2, 0) is 4.79 Å². The van der Waals surface area contributed by atoms with Crippen molar-refractivity contribution in [1.29, 1.82) is 0 Å².